The molecule has 2 aromatic carbocycles. The zero-order valence-corrected chi connectivity index (χ0v) is 23.2. The second-order valence-electron chi connectivity index (χ2n) is 8.74. The highest BCUT2D eigenvalue weighted by atomic mass is 32.1. The summed E-state index contributed by atoms with van der Waals surface area (Å²) in [5.41, 5.74) is 4.66. The lowest BCUT2D eigenvalue weighted by atomic mass is 10.2. The third-order valence-corrected chi connectivity index (χ3v) is 7.55. The first-order valence-corrected chi connectivity index (χ1v) is 13.8. The summed E-state index contributed by atoms with van der Waals surface area (Å²) in [6.07, 6.45) is 2.50. The molecule has 4 aromatic rings. The van der Waals surface area contributed by atoms with E-state index < -0.39 is 5.97 Å². The van der Waals surface area contributed by atoms with Crippen molar-refractivity contribution in [3.8, 4) is 0 Å². The Morgan fingerprint density at radius 2 is 1.49 bits per heavy atom. The lowest BCUT2D eigenvalue weighted by Gasteiger charge is -2.13. The molecule has 0 amide bonds. The molecule has 11 nitrogen and oxygen atoms in total. The van der Waals surface area contributed by atoms with Crippen LogP contribution in [0.5, 0.6) is 0 Å². The van der Waals surface area contributed by atoms with Crippen LogP contribution in [0.15, 0.2) is 79.2 Å². The van der Waals surface area contributed by atoms with Gasteiger partial charge >= 0.3 is 5.97 Å². The summed E-state index contributed by atoms with van der Waals surface area (Å²) < 4.78 is 8.50. The number of anilines is 1. The number of carbonyl (C=O) groups is 1. The van der Waals surface area contributed by atoms with Crippen molar-refractivity contribution in [1.82, 2.24) is 9.36 Å². The van der Waals surface area contributed by atoms with E-state index in [1.54, 1.807) is 23.5 Å². The van der Waals surface area contributed by atoms with E-state index >= 15 is 0 Å². The minimum absolute atomic E-state index is 0.0376. The van der Waals surface area contributed by atoms with Gasteiger partial charge in [0.2, 0.25) is 5.13 Å². The van der Waals surface area contributed by atoms with E-state index in [1.165, 1.54) is 25.0 Å². The van der Waals surface area contributed by atoms with Gasteiger partial charge in [0.15, 0.2) is 0 Å². The minimum Gasteiger partial charge on any atom is -0.463 e. The highest BCUT2D eigenvalue weighted by Gasteiger charge is 2.14. The van der Waals surface area contributed by atoms with Gasteiger partial charge in [-0.15, -0.1) is 20.5 Å². The molecular weight excluding hydrogens is 534 g/mol. The number of esters is 1. The molecule has 0 atom stereocenters. The van der Waals surface area contributed by atoms with Crippen molar-refractivity contribution in [3.05, 3.63) is 65.5 Å². The number of ether oxygens (including phenoxy) is 1. The second-order valence-corrected chi connectivity index (χ2v) is 10.5. The summed E-state index contributed by atoms with van der Waals surface area (Å²) in [6, 6.07) is 15.3. The number of hydrogen-bond donors (Lipinski definition) is 0. The molecular formula is C26H25N9O2S2. The van der Waals surface area contributed by atoms with Crippen LogP contribution in [0.3, 0.4) is 0 Å². The van der Waals surface area contributed by atoms with Crippen LogP contribution in [0.25, 0.3) is 0 Å². The van der Waals surface area contributed by atoms with Gasteiger partial charge in [0.1, 0.15) is 5.00 Å². The van der Waals surface area contributed by atoms with Crippen molar-refractivity contribution < 1.29 is 9.53 Å². The molecule has 0 radical (unpaired) electrons. The quantitative estimate of drug-likeness (QED) is 0.157. The Kier molecular flexibility index (Phi) is 8.18. The highest BCUT2D eigenvalue weighted by molar-refractivity contribution is 7.19. The molecule has 39 heavy (non-hydrogen) atoms. The van der Waals surface area contributed by atoms with Crippen molar-refractivity contribution in [3.63, 3.8) is 0 Å². The maximum absolute atomic E-state index is 11.5. The Morgan fingerprint density at radius 1 is 0.846 bits per heavy atom. The van der Waals surface area contributed by atoms with E-state index in [1.807, 2.05) is 44.2 Å². The molecule has 0 saturated carbocycles. The van der Waals surface area contributed by atoms with Gasteiger partial charge < -0.3 is 9.64 Å². The molecule has 3 heterocycles. The Morgan fingerprint density at radius 3 is 2.13 bits per heavy atom. The van der Waals surface area contributed by atoms with Crippen LogP contribution in [-0.4, -0.2) is 35.5 Å². The molecule has 5 rings (SSSR count). The predicted octanol–water partition coefficient (Wildman–Crippen LogP) is 8.85. The third kappa shape index (κ3) is 6.62. The van der Waals surface area contributed by atoms with Gasteiger partial charge in [-0.2, -0.15) is 19.6 Å². The first-order chi connectivity index (χ1) is 19.0. The second kappa shape index (κ2) is 12.1. The first-order valence-electron chi connectivity index (χ1n) is 12.2. The standard InChI is InChI=1S/C26H25N9O2S2/c1-16-15-19(29-32-22-10-11-23(38-22)35-12-4-5-13-35)7-8-20(16)30-28-18-6-9-21(17(2)14-18)31-33-26-27-24(34-39-26)25(36)37-3/h6-11,14-15H,4-5,12-13H2,1-3H3/b30-28+,32-29+,33-31+. The Labute approximate surface area is 233 Å². The lowest BCUT2D eigenvalue weighted by Crippen LogP contribution is -2.15. The highest BCUT2D eigenvalue weighted by Crippen LogP contribution is 2.35. The van der Waals surface area contributed by atoms with Gasteiger partial charge in [-0.25, -0.2) is 4.79 Å². The zero-order valence-electron chi connectivity index (χ0n) is 21.6. The number of methoxy groups -OCH3 is 1. The summed E-state index contributed by atoms with van der Waals surface area (Å²) >= 11 is 2.63. The van der Waals surface area contributed by atoms with Gasteiger partial charge in [-0.05, 0) is 86.3 Å². The molecule has 0 spiro atoms. The average molecular weight is 560 g/mol. The number of carbonyl (C=O) groups excluding carboxylic acids is 1. The third-order valence-electron chi connectivity index (χ3n) is 5.92. The summed E-state index contributed by atoms with van der Waals surface area (Å²) in [5, 5.41) is 28.3. The number of aromatic nitrogens is 2. The summed E-state index contributed by atoms with van der Waals surface area (Å²) in [5.74, 6) is -0.651. The fraction of sp³-hybridized carbons (Fsp3) is 0.269. The number of aryl methyl sites for hydroxylation is 2. The van der Waals surface area contributed by atoms with Crippen molar-refractivity contribution in [2.24, 2.45) is 30.7 Å². The van der Waals surface area contributed by atoms with E-state index in [9.17, 15) is 4.79 Å². The Balaban J connectivity index is 1.21. The molecule has 198 valence electrons. The largest absolute Gasteiger partial charge is 0.463 e. The number of benzene rings is 2. The van der Waals surface area contributed by atoms with Crippen molar-refractivity contribution >= 4 is 66.7 Å². The van der Waals surface area contributed by atoms with Crippen LogP contribution >= 0.6 is 22.9 Å². The monoisotopic (exact) mass is 559 g/mol. The van der Waals surface area contributed by atoms with E-state index in [4.69, 9.17) is 0 Å². The molecule has 1 aliphatic rings. The minimum atomic E-state index is -0.613. The van der Waals surface area contributed by atoms with Crippen LogP contribution < -0.4 is 4.90 Å². The molecule has 13 heteroatoms. The number of thiophene rings is 1. The number of rotatable bonds is 8. The molecule has 1 fully saturated rings. The predicted molar refractivity (Wildman–Crippen MR) is 152 cm³/mol. The summed E-state index contributed by atoms with van der Waals surface area (Å²) in [4.78, 5) is 17.9. The maximum atomic E-state index is 11.5. The fourth-order valence-electron chi connectivity index (χ4n) is 3.85. The maximum Gasteiger partial charge on any atom is 0.377 e. The Bertz CT molecular complexity index is 1570. The van der Waals surface area contributed by atoms with Crippen LogP contribution in [0, 0.1) is 13.8 Å². The SMILES string of the molecule is COC(=O)c1nsc(/N=N/c2ccc(/N=N/c3ccc(/N=N/c4ccc(N5CCCC5)s4)cc3C)cc2C)n1. The van der Waals surface area contributed by atoms with Gasteiger partial charge in [0.05, 0.1) is 34.9 Å². The zero-order chi connectivity index (χ0) is 27.2. The smallest absolute Gasteiger partial charge is 0.377 e. The van der Waals surface area contributed by atoms with Gasteiger partial charge in [-0.1, -0.05) is 11.3 Å². The number of azo groups is 3. The van der Waals surface area contributed by atoms with Crippen molar-refractivity contribution in [2.75, 3.05) is 25.1 Å². The molecule has 0 bridgehead atoms. The lowest BCUT2D eigenvalue weighted by molar-refractivity contribution is 0.0588. The van der Waals surface area contributed by atoms with E-state index in [-0.39, 0.29) is 11.0 Å². The summed E-state index contributed by atoms with van der Waals surface area (Å²) in [6.45, 7) is 6.11. The van der Waals surface area contributed by atoms with Crippen LogP contribution in [-0.2, 0) is 4.74 Å². The Hall–Kier alpha value is -4.23. The van der Waals surface area contributed by atoms with E-state index in [0.717, 1.165) is 52.1 Å². The molecule has 1 saturated heterocycles. The molecule has 0 N–H and O–H groups in total. The number of nitrogens with zero attached hydrogens (tertiary/aromatic N) is 9. The van der Waals surface area contributed by atoms with E-state index in [0.29, 0.717) is 11.4 Å². The summed E-state index contributed by atoms with van der Waals surface area (Å²) in [7, 11) is 1.27. The average Bonchev–Trinajstić information content (AvgIpc) is 3.72. The van der Waals surface area contributed by atoms with E-state index in [2.05, 4.69) is 55.7 Å². The van der Waals surface area contributed by atoms with Crippen LogP contribution in [0.4, 0.5) is 37.9 Å². The molecule has 2 aromatic heterocycles. The van der Waals surface area contributed by atoms with Gasteiger partial charge in [0, 0.05) is 24.6 Å². The molecule has 0 unspecified atom stereocenters. The van der Waals surface area contributed by atoms with Crippen LogP contribution in [0.2, 0.25) is 0 Å². The first kappa shape index (κ1) is 26.4. The fourth-order valence-corrected chi connectivity index (χ4v) is 5.22. The van der Waals surface area contributed by atoms with Gasteiger partial charge in [-0.3, -0.25) is 0 Å². The number of hydrogen-bond acceptors (Lipinski definition) is 13. The topological polar surface area (TPSA) is 129 Å². The molecule has 0 aliphatic carbocycles. The van der Waals surface area contributed by atoms with Crippen molar-refractivity contribution in [1.29, 1.82) is 0 Å². The normalized spacial score (nSPS) is 13.9. The van der Waals surface area contributed by atoms with Crippen molar-refractivity contribution in [2.45, 2.75) is 26.7 Å². The van der Waals surface area contributed by atoms with Crippen LogP contribution in [0.1, 0.15) is 34.6 Å². The molecule has 1 aliphatic heterocycles. The van der Waals surface area contributed by atoms with Gasteiger partial charge in [0.25, 0.3) is 5.82 Å².